The highest BCUT2D eigenvalue weighted by Crippen LogP contribution is 2.45. The van der Waals surface area contributed by atoms with Crippen LogP contribution in [0.3, 0.4) is 0 Å². The molecule has 1 aliphatic rings. The fourth-order valence-electron chi connectivity index (χ4n) is 2.43. The van der Waals surface area contributed by atoms with Gasteiger partial charge in [0.25, 0.3) is 0 Å². The van der Waals surface area contributed by atoms with Crippen molar-refractivity contribution in [3.8, 4) is 11.3 Å². The summed E-state index contributed by atoms with van der Waals surface area (Å²) in [6.45, 7) is 4.03. The van der Waals surface area contributed by atoms with Crippen molar-refractivity contribution in [2.75, 3.05) is 6.61 Å². The molecule has 2 aromatic rings. The van der Waals surface area contributed by atoms with E-state index in [4.69, 9.17) is 20.9 Å². The van der Waals surface area contributed by atoms with Gasteiger partial charge in [0.15, 0.2) is 5.76 Å². The lowest BCUT2D eigenvalue weighted by Gasteiger charge is -2.07. The standard InChI is InChI=1S/C16H16ClNO3/c1-3-20-16(19)13-14(18-21-15(13)10-7-8-10)12-9(2)5-4-6-11(12)17/h4-6,10H,3,7-8H2,1-2H3. The number of carbonyl (C=O) groups is 1. The fourth-order valence-corrected chi connectivity index (χ4v) is 2.74. The summed E-state index contributed by atoms with van der Waals surface area (Å²) in [7, 11) is 0. The van der Waals surface area contributed by atoms with Crippen molar-refractivity contribution in [1.29, 1.82) is 0 Å². The van der Waals surface area contributed by atoms with Gasteiger partial charge in [-0.2, -0.15) is 0 Å². The van der Waals surface area contributed by atoms with Gasteiger partial charge in [-0.05, 0) is 38.3 Å². The van der Waals surface area contributed by atoms with Gasteiger partial charge >= 0.3 is 5.97 Å². The third-order valence-electron chi connectivity index (χ3n) is 3.60. The Morgan fingerprint density at radius 3 is 2.86 bits per heavy atom. The molecular weight excluding hydrogens is 290 g/mol. The number of benzene rings is 1. The molecule has 21 heavy (non-hydrogen) atoms. The number of ether oxygens (including phenoxy) is 1. The highest BCUT2D eigenvalue weighted by atomic mass is 35.5. The number of esters is 1. The number of aromatic nitrogens is 1. The molecular formula is C16H16ClNO3. The number of hydrogen-bond acceptors (Lipinski definition) is 4. The maximum absolute atomic E-state index is 12.3. The van der Waals surface area contributed by atoms with Crippen molar-refractivity contribution < 1.29 is 14.1 Å². The van der Waals surface area contributed by atoms with Gasteiger partial charge in [0, 0.05) is 11.5 Å². The van der Waals surface area contributed by atoms with Crippen LogP contribution in [0.5, 0.6) is 0 Å². The number of aryl methyl sites for hydroxylation is 1. The molecule has 110 valence electrons. The molecule has 0 amide bonds. The minimum atomic E-state index is -0.394. The molecule has 0 bridgehead atoms. The van der Waals surface area contributed by atoms with Crippen LogP contribution in [0.25, 0.3) is 11.3 Å². The first kappa shape index (κ1) is 14.1. The Bertz CT molecular complexity index is 669. The van der Waals surface area contributed by atoms with E-state index in [2.05, 4.69) is 5.16 Å². The van der Waals surface area contributed by atoms with E-state index >= 15 is 0 Å². The van der Waals surface area contributed by atoms with Crippen LogP contribution in [0.1, 0.15) is 47.4 Å². The Kier molecular flexibility index (Phi) is 3.72. The van der Waals surface area contributed by atoms with Crippen LogP contribution in [0.15, 0.2) is 22.7 Å². The van der Waals surface area contributed by atoms with Crippen molar-refractivity contribution in [3.05, 3.63) is 40.1 Å². The summed E-state index contributed by atoms with van der Waals surface area (Å²) in [6.07, 6.45) is 2.03. The summed E-state index contributed by atoms with van der Waals surface area (Å²) in [4.78, 5) is 12.3. The normalized spacial score (nSPS) is 14.2. The van der Waals surface area contributed by atoms with Crippen LogP contribution in [0.2, 0.25) is 5.02 Å². The molecule has 1 aromatic carbocycles. The van der Waals surface area contributed by atoms with Crippen LogP contribution >= 0.6 is 11.6 Å². The number of rotatable bonds is 4. The second-order valence-corrected chi connectivity index (χ2v) is 5.60. The first-order valence-electron chi connectivity index (χ1n) is 7.05. The van der Waals surface area contributed by atoms with Crippen LogP contribution in [0, 0.1) is 6.92 Å². The molecule has 4 nitrogen and oxygen atoms in total. The predicted molar refractivity (Wildman–Crippen MR) is 79.6 cm³/mol. The van der Waals surface area contributed by atoms with Crippen molar-refractivity contribution in [3.63, 3.8) is 0 Å². The summed E-state index contributed by atoms with van der Waals surface area (Å²) < 4.78 is 10.6. The van der Waals surface area contributed by atoms with Gasteiger partial charge in [-0.25, -0.2) is 4.79 Å². The van der Waals surface area contributed by atoms with Crippen molar-refractivity contribution in [2.24, 2.45) is 0 Å². The van der Waals surface area contributed by atoms with E-state index in [-0.39, 0.29) is 5.92 Å². The summed E-state index contributed by atoms with van der Waals surface area (Å²) >= 11 is 6.29. The number of nitrogens with zero attached hydrogens (tertiary/aromatic N) is 1. The van der Waals surface area contributed by atoms with Crippen LogP contribution < -0.4 is 0 Å². The molecule has 1 aromatic heterocycles. The maximum atomic E-state index is 12.3. The van der Waals surface area contributed by atoms with Gasteiger partial charge < -0.3 is 9.26 Å². The van der Waals surface area contributed by atoms with Gasteiger partial charge in [0.05, 0.1) is 11.6 Å². The Balaban J connectivity index is 2.16. The lowest BCUT2D eigenvalue weighted by Crippen LogP contribution is -2.08. The molecule has 0 aliphatic heterocycles. The molecule has 0 atom stereocenters. The second-order valence-electron chi connectivity index (χ2n) is 5.20. The van der Waals surface area contributed by atoms with Crippen LogP contribution in [-0.4, -0.2) is 17.7 Å². The lowest BCUT2D eigenvalue weighted by molar-refractivity contribution is 0.0524. The Morgan fingerprint density at radius 2 is 2.24 bits per heavy atom. The van der Waals surface area contributed by atoms with Crippen LogP contribution in [0.4, 0.5) is 0 Å². The zero-order valence-corrected chi connectivity index (χ0v) is 12.7. The monoisotopic (exact) mass is 305 g/mol. The maximum Gasteiger partial charge on any atom is 0.344 e. The highest BCUT2D eigenvalue weighted by Gasteiger charge is 2.36. The molecule has 3 rings (SSSR count). The average Bonchev–Trinajstić information content (AvgIpc) is 3.19. The molecule has 5 heteroatoms. The summed E-state index contributed by atoms with van der Waals surface area (Å²) in [5.41, 5.74) is 2.59. The first-order chi connectivity index (χ1) is 10.1. The third kappa shape index (κ3) is 2.56. The lowest BCUT2D eigenvalue weighted by atomic mass is 10.0. The minimum Gasteiger partial charge on any atom is -0.462 e. The van der Waals surface area contributed by atoms with E-state index in [0.717, 1.165) is 24.0 Å². The number of carbonyl (C=O) groups excluding carboxylic acids is 1. The fraction of sp³-hybridized carbons (Fsp3) is 0.375. The number of hydrogen-bond donors (Lipinski definition) is 0. The molecule has 1 fully saturated rings. The molecule has 0 spiro atoms. The van der Waals surface area contributed by atoms with E-state index in [1.807, 2.05) is 19.1 Å². The Hall–Kier alpha value is -1.81. The highest BCUT2D eigenvalue weighted by molar-refractivity contribution is 6.33. The average molecular weight is 306 g/mol. The van der Waals surface area contributed by atoms with Gasteiger partial charge in [0.1, 0.15) is 11.3 Å². The third-order valence-corrected chi connectivity index (χ3v) is 3.92. The Labute approximate surface area is 128 Å². The van der Waals surface area contributed by atoms with Crippen molar-refractivity contribution in [1.82, 2.24) is 5.16 Å². The molecule has 0 saturated heterocycles. The molecule has 1 saturated carbocycles. The summed E-state index contributed by atoms with van der Waals surface area (Å²) in [6, 6.07) is 5.58. The van der Waals surface area contributed by atoms with Gasteiger partial charge in [0.2, 0.25) is 0 Å². The van der Waals surface area contributed by atoms with Crippen molar-refractivity contribution >= 4 is 17.6 Å². The largest absolute Gasteiger partial charge is 0.462 e. The van der Waals surface area contributed by atoms with E-state index in [1.54, 1.807) is 13.0 Å². The predicted octanol–water partition coefficient (Wildman–Crippen LogP) is 4.36. The molecule has 0 N–H and O–H groups in total. The molecule has 1 aliphatic carbocycles. The van der Waals surface area contributed by atoms with Gasteiger partial charge in [-0.15, -0.1) is 0 Å². The minimum absolute atomic E-state index is 0.272. The van der Waals surface area contributed by atoms with E-state index in [1.165, 1.54) is 0 Å². The van der Waals surface area contributed by atoms with Gasteiger partial charge in [-0.1, -0.05) is 28.9 Å². The topological polar surface area (TPSA) is 52.3 Å². The SMILES string of the molecule is CCOC(=O)c1c(-c2c(C)cccc2Cl)noc1C1CC1. The summed E-state index contributed by atoms with van der Waals surface area (Å²) in [5.74, 6) is 0.506. The Morgan fingerprint density at radius 1 is 1.48 bits per heavy atom. The van der Waals surface area contributed by atoms with Crippen LogP contribution in [-0.2, 0) is 4.74 Å². The van der Waals surface area contributed by atoms with Gasteiger partial charge in [-0.3, -0.25) is 0 Å². The van der Waals surface area contributed by atoms with Crippen molar-refractivity contribution in [2.45, 2.75) is 32.6 Å². The second kappa shape index (κ2) is 5.53. The molecule has 0 radical (unpaired) electrons. The smallest absolute Gasteiger partial charge is 0.344 e. The number of halogens is 1. The quantitative estimate of drug-likeness (QED) is 0.788. The first-order valence-corrected chi connectivity index (χ1v) is 7.43. The zero-order chi connectivity index (χ0) is 15.0. The zero-order valence-electron chi connectivity index (χ0n) is 12.0. The van der Waals surface area contributed by atoms with E-state index < -0.39 is 5.97 Å². The molecule has 0 unspecified atom stereocenters. The van der Waals surface area contributed by atoms with E-state index in [0.29, 0.717) is 28.6 Å². The molecule has 1 heterocycles. The summed E-state index contributed by atoms with van der Waals surface area (Å²) in [5, 5.41) is 4.66. The van der Waals surface area contributed by atoms with E-state index in [9.17, 15) is 4.79 Å².